The summed E-state index contributed by atoms with van der Waals surface area (Å²) in [5.74, 6) is 0.510. The summed E-state index contributed by atoms with van der Waals surface area (Å²) < 4.78 is 12.5. The normalized spacial score (nSPS) is 15.2. The number of nitrogens with zero attached hydrogens (tertiary/aromatic N) is 6. The summed E-state index contributed by atoms with van der Waals surface area (Å²) in [6, 6.07) is 15.2. The zero-order valence-electron chi connectivity index (χ0n) is 14.7. The van der Waals surface area contributed by atoms with Gasteiger partial charge in [-0.1, -0.05) is 41.6 Å². The Morgan fingerprint density at radius 1 is 1.15 bits per heavy atom. The lowest BCUT2D eigenvalue weighted by Crippen LogP contribution is -2.12. The van der Waals surface area contributed by atoms with Gasteiger partial charge in [-0.3, -0.25) is 0 Å². The van der Waals surface area contributed by atoms with Gasteiger partial charge in [0.05, 0.1) is 24.6 Å². The van der Waals surface area contributed by atoms with Crippen LogP contribution in [0.15, 0.2) is 53.7 Å². The zero-order valence-corrected chi connectivity index (χ0v) is 14.7. The van der Waals surface area contributed by atoms with Crippen molar-refractivity contribution < 1.29 is 14.3 Å². The average molecular weight is 366 g/mol. The molecule has 2 aromatic heterocycles. The van der Waals surface area contributed by atoms with Gasteiger partial charge < -0.3 is 14.3 Å². The third kappa shape index (κ3) is 3.99. The Balaban J connectivity index is 1.53. The summed E-state index contributed by atoms with van der Waals surface area (Å²) in [6.45, 7) is 1.34. The zero-order chi connectivity index (χ0) is 18.5. The molecule has 1 aromatic carbocycles. The maximum Gasteiger partial charge on any atom is 0.204 e. The van der Waals surface area contributed by atoms with Crippen LogP contribution >= 0.6 is 0 Å². The number of rotatable bonds is 6. The van der Waals surface area contributed by atoms with Gasteiger partial charge in [0.15, 0.2) is 12.3 Å². The molecule has 1 aliphatic rings. The molecule has 0 N–H and O–H groups in total. The van der Waals surface area contributed by atoms with Gasteiger partial charge >= 0.3 is 0 Å². The second kappa shape index (κ2) is 8.02. The highest BCUT2D eigenvalue weighted by atomic mass is 16.7. The van der Waals surface area contributed by atoms with E-state index in [1.165, 1.54) is 0 Å². The summed E-state index contributed by atoms with van der Waals surface area (Å²) in [5.41, 5.74) is 2.84. The van der Waals surface area contributed by atoms with Crippen molar-refractivity contribution in [1.82, 2.24) is 25.2 Å². The number of hydrogen-bond acceptors (Lipinski definition) is 8. The highest BCUT2D eigenvalue weighted by Crippen LogP contribution is 2.21. The fourth-order valence-corrected chi connectivity index (χ4v) is 2.65. The SMILES string of the molecule is Cn1nnnc1C(=NOCc1cccc(C2OCCO2)n1)c1ccccc1. The molecule has 3 aromatic rings. The molecule has 0 bridgehead atoms. The smallest absolute Gasteiger partial charge is 0.204 e. The molecule has 1 fully saturated rings. The first-order valence-corrected chi connectivity index (χ1v) is 8.48. The molecule has 0 radical (unpaired) electrons. The number of benzene rings is 1. The molecule has 0 saturated carbocycles. The summed E-state index contributed by atoms with van der Waals surface area (Å²) in [4.78, 5) is 10.1. The topological polar surface area (TPSA) is 96.5 Å². The lowest BCUT2D eigenvalue weighted by Gasteiger charge is -2.10. The van der Waals surface area contributed by atoms with Gasteiger partial charge in [-0.25, -0.2) is 9.67 Å². The number of aromatic nitrogens is 5. The first-order valence-electron chi connectivity index (χ1n) is 8.48. The Morgan fingerprint density at radius 3 is 2.70 bits per heavy atom. The molecule has 138 valence electrons. The number of pyridine rings is 1. The molecule has 9 nitrogen and oxygen atoms in total. The molecule has 4 rings (SSSR count). The maximum absolute atomic E-state index is 5.57. The van der Waals surface area contributed by atoms with Crippen molar-refractivity contribution in [2.24, 2.45) is 12.2 Å². The van der Waals surface area contributed by atoms with Gasteiger partial charge in [-0.15, -0.1) is 5.10 Å². The summed E-state index contributed by atoms with van der Waals surface area (Å²) >= 11 is 0. The molecule has 1 saturated heterocycles. The second-order valence-electron chi connectivity index (χ2n) is 5.83. The van der Waals surface area contributed by atoms with Crippen LogP contribution in [0.2, 0.25) is 0 Å². The third-order valence-corrected chi connectivity index (χ3v) is 3.94. The van der Waals surface area contributed by atoms with Crippen LogP contribution < -0.4 is 0 Å². The van der Waals surface area contributed by atoms with Gasteiger partial charge in [0.1, 0.15) is 0 Å². The van der Waals surface area contributed by atoms with Crippen molar-refractivity contribution in [1.29, 1.82) is 0 Å². The van der Waals surface area contributed by atoms with Gasteiger partial charge in [0, 0.05) is 12.6 Å². The Morgan fingerprint density at radius 2 is 1.96 bits per heavy atom. The van der Waals surface area contributed by atoms with Crippen LogP contribution in [0.25, 0.3) is 0 Å². The molecule has 0 atom stereocenters. The molecule has 1 aliphatic heterocycles. The minimum Gasteiger partial charge on any atom is -0.389 e. The lowest BCUT2D eigenvalue weighted by molar-refractivity contribution is -0.0475. The van der Waals surface area contributed by atoms with E-state index in [1.807, 2.05) is 48.5 Å². The van der Waals surface area contributed by atoms with Crippen LogP contribution in [0.5, 0.6) is 0 Å². The number of aryl methyl sites for hydroxylation is 1. The van der Waals surface area contributed by atoms with Crippen LogP contribution in [0.3, 0.4) is 0 Å². The second-order valence-corrected chi connectivity index (χ2v) is 5.83. The highest BCUT2D eigenvalue weighted by Gasteiger charge is 2.20. The Hall–Kier alpha value is -3.17. The van der Waals surface area contributed by atoms with E-state index in [0.29, 0.717) is 24.7 Å². The largest absolute Gasteiger partial charge is 0.389 e. The first kappa shape index (κ1) is 17.3. The maximum atomic E-state index is 5.57. The van der Waals surface area contributed by atoms with E-state index in [2.05, 4.69) is 25.7 Å². The molecule has 0 aliphatic carbocycles. The van der Waals surface area contributed by atoms with Crippen LogP contribution in [0.1, 0.15) is 29.1 Å². The molecule has 27 heavy (non-hydrogen) atoms. The van der Waals surface area contributed by atoms with Gasteiger partial charge in [-0.05, 0) is 22.6 Å². The minimum atomic E-state index is -0.418. The summed E-state index contributed by atoms with van der Waals surface area (Å²) in [6.07, 6.45) is -0.418. The number of hydrogen-bond donors (Lipinski definition) is 0. The predicted molar refractivity (Wildman–Crippen MR) is 94.6 cm³/mol. The third-order valence-electron chi connectivity index (χ3n) is 3.94. The van der Waals surface area contributed by atoms with E-state index < -0.39 is 6.29 Å². The average Bonchev–Trinajstić information content (AvgIpc) is 3.38. The Kier molecular flexibility index (Phi) is 5.13. The van der Waals surface area contributed by atoms with Crippen LogP contribution in [0, 0.1) is 0 Å². The van der Waals surface area contributed by atoms with Crippen LogP contribution in [-0.4, -0.2) is 44.1 Å². The van der Waals surface area contributed by atoms with E-state index >= 15 is 0 Å². The molecule has 0 spiro atoms. The molecular formula is C18H18N6O3. The first-order chi connectivity index (χ1) is 13.3. The van der Waals surface area contributed by atoms with Gasteiger partial charge in [0.2, 0.25) is 12.1 Å². The molecule has 9 heteroatoms. The van der Waals surface area contributed by atoms with E-state index in [1.54, 1.807) is 11.7 Å². The number of ether oxygens (including phenoxy) is 2. The lowest BCUT2D eigenvalue weighted by atomic mass is 10.1. The molecule has 3 heterocycles. The van der Waals surface area contributed by atoms with Crippen LogP contribution in [0.4, 0.5) is 0 Å². The summed E-state index contributed by atoms with van der Waals surface area (Å²) in [5, 5.41) is 15.8. The van der Waals surface area contributed by atoms with Crippen molar-refractivity contribution in [3.05, 3.63) is 71.3 Å². The van der Waals surface area contributed by atoms with Gasteiger partial charge in [0.25, 0.3) is 0 Å². The van der Waals surface area contributed by atoms with E-state index in [9.17, 15) is 0 Å². The Labute approximate surface area is 155 Å². The van der Waals surface area contributed by atoms with Crippen molar-refractivity contribution in [3.63, 3.8) is 0 Å². The summed E-state index contributed by atoms with van der Waals surface area (Å²) in [7, 11) is 1.75. The van der Waals surface area contributed by atoms with Crippen molar-refractivity contribution in [2.45, 2.75) is 12.9 Å². The van der Waals surface area contributed by atoms with Crippen molar-refractivity contribution in [2.75, 3.05) is 13.2 Å². The van der Waals surface area contributed by atoms with Crippen molar-refractivity contribution >= 4 is 5.71 Å². The molecular weight excluding hydrogens is 348 g/mol. The van der Waals surface area contributed by atoms with E-state index in [-0.39, 0.29) is 6.61 Å². The highest BCUT2D eigenvalue weighted by molar-refractivity contribution is 6.10. The van der Waals surface area contributed by atoms with Gasteiger partial charge in [-0.2, -0.15) is 0 Å². The fourth-order valence-electron chi connectivity index (χ4n) is 2.65. The fraction of sp³-hybridized carbons (Fsp3) is 0.278. The number of oxime groups is 1. The van der Waals surface area contributed by atoms with E-state index in [0.717, 1.165) is 17.0 Å². The van der Waals surface area contributed by atoms with Crippen molar-refractivity contribution in [3.8, 4) is 0 Å². The standard InChI is InChI=1S/C18H18N6O3/c1-24-17(20-22-23-24)16(13-6-3-2-4-7-13)21-27-12-14-8-5-9-15(19-14)18-25-10-11-26-18/h2-9,18H,10-12H2,1H3. The van der Waals surface area contributed by atoms with E-state index in [4.69, 9.17) is 14.3 Å². The minimum absolute atomic E-state index is 0.197. The quantitative estimate of drug-likeness (QED) is 0.483. The predicted octanol–water partition coefficient (Wildman–Crippen LogP) is 1.62. The molecule has 0 unspecified atom stereocenters. The monoisotopic (exact) mass is 366 g/mol. The Bertz CT molecular complexity index is 922. The van der Waals surface area contributed by atoms with Crippen LogP contribution in [-0.2, 0) is 28.0 Å². The number of tetrazole rings is 1. The molecule has 0 amide bonds.